The summed E-state index contributed by atoms with van der Waals surface area (Å²) < 4.78 is 35.3. The number of sulfonamides is 1. The van der Waals surface area contributed by atoms with Crippen molar-refractivity contribution in [2.24, 2.45) is 0 Å². The summed E-state index contributed by atoms with van der Waals surface area (Å²) in [5, 5.41) is 4.39. The van der Waals surface area contributed by atoms with Crippen LogP contribution in [0.2, 0.25) is 0 Å². The molecule has 152 valence electrons. The van der Waals surface area contributed by atoms with Gasteiger partial charge >= 0.3 is 5.97 Å². The highest BCUT2D eigenvalue weighted by molar-refractivity contribution is 7.92. The lowest BCUT2D eigenvalue weighted by molar-refractivity contribution is 0.0378. The molecule has 2 aromatic carbocycles. The summed E-state index contributed by atoms with van der Waals surface area (Å²) in [7, 11) is -3.86. The zero-order valence-corrected chi connectivity index (χ0v) is 17.5. The minimum atomic E-state index is -3.86. The third-order valence-electron chi connectivity index (χ3n) is 4.21. The highest BCUT2D eigenvalue weighted by atomic mass is 32.2. The van der Waals surface area contributed by atoms with E-state index in [1.807, 2.05) is 30.3 Å². The van der Waals surface area contributed by atoms with Crippen LogP contribution in [0, 0.1) is 13.8 Å². The van der Waals surface area contributed by atoms with Gasteiger partial charge in [-0.05, 0) is 64.1 Å². The van der Waals surface area contributed by atoms with Crippen LogP contribution in [0.5, 0.6) is 0 Å². The van der Waals surface area contributed by atoms with E-state index in [9.17, 15) is 13.2 Å². The molecule has 1 aromatic heterocycles. The SMILES string of the molecule is Cc1nn(-c2ccccc2)c(C)c1S(=O)(=O)Nc1ccc(C(=O)OC(C)C)cc1. The Morgan fingerprint density at radius 3 is 2.24 bits per heavy atom. The molecule has 0 aliphatic carbocycles. The molecule has 8 heteroatoms. The molecule has 0 fully saturated rings. The number of aryl methyl sites for hydroxylation is 1. The molecule has 0 aliphatic rings. The third-order valence-corrected chi connectivity index (χ3v) is 5.84. The molecule has 0 aliphatic heterocycles. The summed E-state index contributed by atoms with van der Waals surface area (Å²) in [6.07, 6.45) is -0.229. The number of hydrogen-bond donors (Lipinski definition) is 1. The van der Waals surface area contributed by atoms with E-state index in [1.165, 1.54) is 24.3 Å². The number of nitrogens with one attached hydrogen (secondary N) is 1. The summed E-state index contributed by atoms with van der Waals surface area (Å²) >= 11 is 0. The molecule has 1 N–H and O–H groups in total. The number of esters is 1. The largest absolute Gasteiger partial charge is 0.459 e. The van der Waals surface area contributed by atoms with Crippen LogP contribution in [-0.2, 0) is 14.8 Å². The number of carbonyl (C=O) groups excluding carboxylic acids is 1. The molecule has 0 bridgehead atoms. The topological polar surface area (TPSA) is 90.3 Å². The lowest BCUT2D eigenvalue weighted by atomic mass is 10.2. The number of aromatic nitrogens is 2. The van der Waals surface area contributed by atoms with Crippen LogP contribution in [-0.4, -0.2) is 30.3 Å². The second kappa shape index (κ2) is 8.08. The van der Waals surface area contributed by atoms with E-state index in [-0.39, 0.29) is 11.0 Å². The first kappa shape index (κ1) is 20.6. The van der Waals surface area contributed by atoms with Gasteiger partial charge < -0.3 is 4.74 Å². The van der Waals surface area contributed by atoms with Gasteiger partial charge in [-0.2, -0.15) is 5.10 Å². The zero-order chi connectivity index (χ0) is 21.2. The van der Waals surface area contributed by atoms with Gasteiger partial charge in [0.1, 0.15) is 4.90 Å². The van der Waals surface area contributed by atoms with Crippen LogP contribution >= 0.6 is 0 Å². The minimum absolute atomic E-state index is 0.129. The van der Waals surface area contributed by atoms with Gasteiger partial charge in [-0.25, -0.2) is 17.9 Å². The predicted molar refractivity (Wildman–Crippen MR) is 111 cm³/mol. The van der Waals surface area contributed by atoms with E-state index >= 15 is 0 Å². The minimum Gasteiger partial charge on any atom is -0.459 e. The van der Waals surface area contributed by atoms with E-state index in [1.54, 1.807) is 32.4 Å². The maximum absolute atomic E-state index is 13.0. The molecule has 0 atom stereocenters. The molecule has 0 saturated carbocycles. The highest BCUT2D eigenvalue weighted by Gasteiger charge is 2.25. The van der Waals surface area contributed by atoms with Crippen molar-refractivity contribution in [2.45, 2.75) is 38.7 Å². The van der Waals surface area contributed by atoms with Crippen molar-refractivity contribution in [1.29, 1.82) is 0 Å². The van der Waals surface area contributed by atoms with E-state index in [0.29, 0.717) is 22.6 Å². The molecule has 0 saturated heterocycles. The van der Waals surface area contributed by atoms with Crippen LogP contribution in [0.25, 0.3) is 5.69 Å². The summed E-state index contributed by atoms with van der Waals surface area (Å²) in [5.74, 6) is -0.453. The molecule has 1 heterocycles. The fraction of sp³-hybridized carbons (Fsp3) is 0.238. The maximum atomic E-state index is 13.0. The average Bonchev–Trinajstić information content (AvgIpc) is 2.97. The van der Waals surface area contributed by atoms with Gasteiger partial charge in [-0.3, -0.25) is 4.72 Å². The van der Waals surface area contributed by atoms with Gasteiger partial charge in [0, 0.05) is 5.69 Å². The molecule has 0 unspecified atom stereocenters. The number of para-hydroxylation sites is 1. The van der Waals surface area contributed by atoms with Gasteiger partial charge in [0.15, 0.2) is 0 Å². The number of anilines is 1. The Kier molecular flexibility index (Phi) is 5.74. The van der Waals surface area contributed by atoms with Crippen LogP contribution in [0.1, 0.15) is 35.6 Å². The fourth-order valence-corrected chi connectivity index (χ4v) is 4.45. The number of carbonyl (C=O) groups is 1. The van der Waals surface area contributed by atoms with E-state index in [4.69, 9.17) is 4.74 Å². The Balaban J connectivity index is 1.87. The summed E-state index contributed by atoms with van der Waals surface area (Å²) in [5.41, 5.74) is 2.39. The normalized spacial score (nSPS) is 11.5. The summed E-state index contributed by atoms with van der Waals surface area (Å²) in [4.78, 5) is 12.1. The van der Waals surface area contributed by atoms with Crippen LogP contribution in [0.3, 0.4) is 0 Å². The molecule has 3 rings (SSSR count). The van der Waals surface area contributed by atoms with Crippen molar-refractivity contribution in [1.82, 2.24) is 9.78 Å². The molecule has 7 nitrogen and oxygen atoms in total. The van der Waals surface area contributed by atoms with Gasteiger partial charge in [-0.1, -0.05) is 18.2 Å². The highest BCUT2D eigenvalue weighted by Crippen LogP contribution is 2.25. The average molecular weight is 413 g/mol. The smallest absolute Gasteiger partial charge is 0.338 e. The van der Waals surface area contributed by atoms with Crippen molar-refractivity contribution in [3.63, 3.8) is 0 Å². The molecule has 0 radical (unpaired) electrons. The van der Waals surface area contributed by atoms with Crippen molar-refractivity contribution in [3.8, 4) is 5.69 Å². The second-order valence-corrected chi connectivity index (χ2v) is 8.50. The van der Waals surface area contributed by atoms with Crippen molar-refractivity contribution < 1.29 is 17.9 Å². The maximum Gasteiger partial charge on any atom is 0.338 e. The van der Waals surface area contributed by atoms with Crippen molar-refractivity contribution in [2.75, 3.05) is 4.72 Å². The Bertz CT molecular complexity index is 1120. The van der Waals surface area contributed by atoms with Gasteiger partial charge in [0.25, 0.3) is 10.0 Å². The van der Waals surface area contributed by atoms with Crippen LogP contribution in [0.15, 0.2) is 59.5 Å². The molecule has 0 spiro atoms. The van der Waals surface area contributed by atoms with Crippen molar-refractivity contribution >= 4 is 21.7 Å². The number of ether oxygens (including phenoxy) is 1. The number of hydrogen-bond acceptors (Lipinski definition) is 5. The van der Waals surface area contributed by atoms with E-state index < -0.39 is 16.0 Å². The Hall–Kier alpha value is -3.13. The van der Waals surface area contributed by atoms with Crippen LogP contribution in [0.4, 0.5) is 5.69 Å². The Morgan fingerprint density at radius 1 is 1.03 bits per heavy atom. The quantitative estimate of drug-likeness (QED) is 0.620. The lowest BCUT2D eigenvalue weighted by Gasteiger charge is -2.11. The van der Waals surface area contributed by atoms with Crippen LogP contribution < -0.4 is 4.72 Å². The number of benzene rings is 2. The number of nitrogens with zero attached hydrogens (tertiary/aromatic N) is 2. The van der Waals surface area contributed by atoms with Gasteiger partial charge in [-0.15, -0.1) is 0 Å². The van der Waals surface area contributed by atoms with Gasteiger partial charge in [0.05, 0.1) is 28.7 Å². The van der Waals surface area contributed by atoms with Crippen molar-refractivity contribution in [3.05, 3.63) is 71.5 Å². The third kappa shape index (κ3) is 4.48. The number of rotatable bonds is 6. The first-order valence-electron chi connectivity index (χ1n) is 9.14. The summed E-state index contributed by atoms with van der Waals surface area (Å²) in [6.45, 7) is 6.90. The second-order valence-electron chi connectivity index (χ2n) is 6.88. The van der Waals surface area contributed by atoms with E-state index in [0.717, 1.165) is 5.69 Å². The molecule has 29 heavy (non-hydrogen) atoms. The zero-order valence-electron chi connectivity index (χ0n) is 16.7. The first-order valence-corrected chi connectivity index (χ1v) is 10.6. The Labute approximate surface area is 170 Å². The molecule has 0 amide bonds. The first-order chi connectivity index (χ1) is 13.7. The molecular weight excluding hydrogens is 390 g/mol. The fourth-order valence-electron chi connectivity index (χ4n) is 3.00. The van der Waals surface area contributed by atoms with Gasteiger partial charge in [0.2, 0.25) is 0 Å². The standard InChI is InChI=1S/C21H23N3O4S/c1-14(2)28-21(25)17-10-12-18(13-11-17)23-29(26,27)20-15(3)22-24(16(20)4)19-8-6-5-7-9-19/h5-14,23H,1-4H3. The monoisotopic (exact) mass is 413 g/mol. The van der Waals surface area contributed by atoms with E-state index in [2.05, 4.69) is 9.82 Å². The summed E-state index contributed by atoms with van der Waals surface area (Å²) in [6, 6.07) is 15.4. The lowest BCUT2D eigenvalue weighted by Crippen LogP contribution is -2.15. The molecular formula is C21H23N3O4S. The predicted octanol–water partition coefficient (Wildman–Crippen LogP) is 3.86. The molecule has 3 aromatic rings. The Morgan fingerprint density at radius 2 is 1.66 bits per heavy atom.